The first-order chi connectivity index (χ1) is 18.8. The highest BCUT2D eigenvalue weighted by molar-refractivity contribution is 7.17. The number of nitrogens with one attached hydrogen (secondary N) is 1. The van der Waals surface area contributed by atoms with Crippen molar-refractivity contribution in [2.45, 2.75) is 52.1 Å². The average Bonchev–Trinajstić information content (AvgIpc) is 3.67. The molecule has 5 rings (SSSR count). The number of carbonyl (C=O) groups is 2. The number of aryl methyl sites for hydroxylation is 1. The first-order valence-corrected chi connectivity index (χ1v) is 14.3. The Morgan fingerprint density at radius 2 is 1.82 bits per heavy atom. The first kappa shape index (κ1) is 27.0. The molecule has 11 heteroatoms. The van der Waals surface area contributed by atoms with E-state index >= 15 is 0 Å². The average molecular weight is 551 g/mol. The first-order valence-electron chi connectivity index (χ1n) is 13.5. The number of aliphatic hydroxyl groups excluding tert-OH is 1. The van der Waals surface area contributed by atoms with Gasteiger partial charge in [0.2, 0.25) is 5.95 Å². The van der Waals surface area contributed by atoms with E-state index in [0.717, 1.165) is 36.4 Å². The smallest absolute Gasteiger partial charge is 0.347 e. The molecule has 0 atom stereocenters. The molecule has 3 aromatic rings. The Bertz CT molecular complexity index is 1330. The highest BCUT2D eigenvalue weighted by atomic mass is 32.1. The number of hydrogen-bond acceptors (Lipinski definition) is 9. The lowest BCUT2D eigenvalue weighted by Crippen LogP contribution is -2.36. The third-order valence-corrected chi connectivity index (χ3v) is 8.16. The van der Waals surface area contributed by atoms with Crippen molar-refractivity contribution >= 4 is 40.1 Å². The van der Waals surface area contributed by atoms with Crippen LogP contribution in [0.25, 0.3) is 11.3 Å². The van der Waals surface area contributed by atoms with Crippen LogP contribution in [0, 0.1) is 12.8 Å². The van der Waals surface area contributed by atoms with Crippen molar-refractivity contribution in [2.75, 3.05) is 36.4 Å². The molecular weight excluding hydrogens is 516 g/mol. The van der Waals surface area contributed by atoms with Crippen molar-refractivity contribution in [1.82, 2.24) is 19.9 Å². The number of aromatic carboxylic acids is 1. The van der Waals surface area contributed by atoms with E-state index in [9.17, 15) is 19.8 Å². The fourth-order valence-electron chi connectivity index (χ4n) is 4.76. The molecule has 0 radical (unpaired) electrons. The zero-order valence-corrected chi connectivity index (χ0v) is 23.1. The van der Waals surface area contributed by atoms with Gasteiger partial charge in [-0.2, -0.15) is 4.98 Å². The summed E-state index contributed by atoms with van der Waals surface area (Å²) < 4.78 is 0. The third kappa shape index (κ3) is 6.54. The maximum atomic E-state index is 13.2. The minimum absolute atomic E-state index is 0.0567. The molecule has 1 saturated heterocycles. The number of carbonyl (C=O) groups excluding carboxylic acids is 1. The summed E-state index contributed by atoms with van der Waals surface area (Å²) in [6.45, 7) is 6.65. The topological polar surface area (TPSA) is 132 Å². The van der Waals surface area contributed by atoms with Crippen LogP contribution in [0.1, 0.15) is 64.8 Å². The zero-order chi connectivity index (χ0) is 27.5. The van der Waals surface area contributed by atoms with Crippen LogP contribution in [0.5, 0.6) is 0 Å². The van der Waals surface area contributed by atoms with E-state index in [1.54, 1.807) is 6.92 Å². The molecule has 1 amide bonds. The van der Waals surface area contributed by atoms with Gasteiger partial charge in [0.05, 0.1) is 17.5 Å². The van der Waals surface area contributed by atoms with Gasteiger partial charge in [-0.1, -0.05) is 30.4 Å². The SMILES string of the molecule is CCCN(CC1CC1)C(=O)c1ccc(-c2cc(N3CCC(O)CC3)nc(Nc3nc(C)c(C(=O)O)s3)n2)cc1. The Hall–Kier alpha value is -3.57. The summed E-state index contributed by atoms with van der Waals surface area (Å²) in [4.78, 5) is 42.6. The fraction of sp³-hybridized carbons (Fsp3) is 0.464. The molecule has 1 aromatic carbocycles. The summed E-state index contributed by atoms with van der Waals surface area (Å²) in [5.41, 5.74) is 2.59. The van der Waals surface area contributed by atoms with E-state index in [1.807, 2.05) is 35.2 Å². The van der Waals surface area contributed by atoms with Gasteiger partial charge in [-0.05, 0) is 57.1 Å². The molecule has 0 spiro atoms. The van der Waals surface area contributed by atoms with E-state index < -0.39 is 5.97 Å². The fourth-order valence-corrected chi connectivity index (χ4v) is 5.56. The van der Waals surface area contributed by atoms with Crippen LogP contribution in [-0.4, -0.2) is 74.2 Å². The van der Waals surface area contributed by atoms with Gasteiger partial charge in [-0.3, -0.25) is 10.1 Å². The van der Waals surface area contributed by atoms with E-state index in [4.69, 9.17) is 9.97 Å². The molecule has 2 aromatic heterocycles. The van der Waals surface area contributed by atoms with Gasteiger partial charge in [0.25, 0.3) is 5.91 Å². The number of carboxylic acid groups (broad SMARTS) is 1. The normalized spacial score (nSPS) is 15.8. The van der Waals surface area contributed by atoms with Crippen molar-refractivity contribution < 1.29 is 19.8 Å². The van der Waals surface area contributed by atoms with Crippen LogP contribution in [0.2, 0.25) is 0 Å². The molecule has 206 valence electrons. The van der Waals surface area contributed by atoms with Crippen molar-refractivity contribution in [2.24, 2.45) is 5.92 Å². The van der Waals surface area contributed by atoms with Crippen molar-refractivity contribution in [3.63, 3.8) is 0 Å². The number of piperidine rings is 1. The van der Waals surface area contributed by atoms with Gasteiger partial charge < -0.3 is 20.0 Å². The summed E-state index contributed by atoms with van der Waals surface area (Å²) >= 11 is 1.04. The lowest BCUT2D eigenvalue weighted by atomic mass is 10.1. The van der Waals surface area contributed by atoms with Gasteiger partial charge in [0, 0.05) is 43.4 Å². The van der Waals surface area contributed by atoms with Crippen LogP contribution in [-0.2, 0) is 0 Å². The second-order valence-corrected chi connectivity index (χ2v) is 11.3. The highest BCUT2D eigenvalue weighted by Gasteiger charge is 2.27. The van der Waals surface area contributed by atoms with Gasteiger partial charge in [0.1, 0.15) is 10.7 Å². The second kappa shape index (κ2) is 11.7. The number of amides is 1. The minimum Gasteiger partial charge on any atom is -0.477 e. The quantitative estimate of drug-likeness (QED) is 0.332. The summed E-state index contributed by atoms with van der Waals surface area (Å²) in [5, 5.41) is 22.9. The standard InChI is InChI=1S/C28H34N6O4S/c1-3-12-34(16-18-4-5-18)25(36)20-8-6-19(7-9-20)22-15-23(33-13-10-21(35)11-14-33)31-27(30-22)32-28-29-17(2)24(39-28)26(37)38/h6-9,15,18,21,35H,3-5,10-14,16H2,1-2H3,(H,37,38)(H,29,30,31,32). The van der Waals surface area contributed by atoms with E-state index in [1.165, 1.54) is 12.8 Å². The van der Waals surface area contributed by atoms with Crippen LogP contribution < -0.4 is 10.2 Å². The van der Waals surface area contributed by atoms with Crippen LogP contribution >= 0.6 is 11.3 Å². The predicted octanol–water partition coefficient (Wildman–Crippen LogP) is 4.57. The van der Waals surface area contributed by atoms with E-state index in [2.05, 4.69) is 22.1 Å². The number of hydrogen-bond donors (Lipinski definition) is 3. The Balaban J connectivity index is 1.42. The Labute approximate surface area is 231 Å². The Morgan fingerprint density at radius 3 is 2.44 bits per heavy atom. The molecule has 39 heavy (non-hydrogen) atoms. The summed E-state index contributed by atoms with van der Waals surface area (Å²) in [6.07, 6.45) is 4.32. The van der Waals surface area contributed by atoms with E-state index in [0.29, 0.717) is 65.7 Å². The van der Waals surface area contributed by atoms with E-state index in [-0.39, 0.29) is 16.9 Å². The highest BCUT2D eigenvalue weighted by Crippen LogP contribution is 2.31. The number of anilines is 3. The van der Waals surface area contributed by atoms with Gasteiger partial charge in [-0.15, -0.1) is 0 Å². The number of carboxylic acids is 1. The van der Waals surface area contributed by atoms with Gasteiger partial charge in [-0.25, -0.2) is 14.8 Å². The summed E-state index contributed by atoms with van der Waals surface area (Å²) in [7, 11) is 0. The number of aliphatic hydroxyl groups is 1. The van der Waals surface area contributed by atoms with Gasteiger partial charge in [0.15, 0.2) is 5.13 Å². The number of thiazole rings is 1. The van der Waals surface area contributed by atoms with Crippen LogP contribution in [0.15, 0.2) is 30.3 Å². The molecule has 3 N–H and O–H groups in total. The van der Waals surface area contributed by atoms with Crippen LogP contribution in [0.4, 0.5) is 16.9 Å². The number of aromatic nitrogens is 3. The third-order valence-electron chi connectivity index (χ3n) is 7.09. The van der Waals surface area contributed by atoms with Crippen LogP contribution in [0.3, 0.4) is 0 Å². The molecule has 2 aliphatic rings. The number of benzene rings is 1. The molecule has 1 aliphatic heterocycles. The maximum Gasteiger partial charge on any atom is 0.347 e. The van der Waals surface area contributed by atoms with Crippen molar-refractivity contribution in [3.05, 3.63) is 46.5 Å². The number of rotatable bonds is 10. The number of nitrogens with zero attached hydrogens (tertiary/aromatic N) is 5. The lowest BCUT2D eigenvalue weighted by Gasteiger charge is -2.30. The summed E-state index contributed by atoms with van der Waals surface area (Å²) in [6, 6.07) is 9.41. The predicted molar refractivity (Wildman–Crippen MR) is 151 cm³/mol. The molecule has 0 unspecified atom stereocenters. The Morgan fingerprint density at radius 1 is 1.10 bits per heavy atom. The largest absolute Gasteiger partial charge is 0.477 e. The molecular formula is C28H34N6O4S. The Kier molecular flexibility index (Phi) is 8.08. The maximum absolute atomic E-state index is 13.2. The summed E-state index contributed by atoms with van der Waals surface area (Å²) in [5.74, 6) is 0.679. The van der Waals surface area contributed by atoms with Crippen molar-refractivity contribution in [1.29, 1.82) is 0 Å². The lowest BCUT2D eigenvalue weighted by molar-refractivity contribution is 0.0699. The van der Waals surface area contributed by atoms with Gasteiger partial charge >= 0.3 is 5.97 Å². The molecule has 0 bridgehead atoms. The molecule has 1 aliphatic carbocycles. The molecule has 10 nitrogen and oxygen atoms in total. The van der Waals surface area contributed by atoms with Crippen molar-refractivity contribution in [3.8, 4) is 11.3 Å². The minimum atomic E-state index is -1.02. The molecule has 2 fully saturated rings. The second-order valence-electron chi connectivity index (χ2n) is 10.3. The monoisotopic (exact) mass is 550 g/mol. The zero-order valence-electron chi connectivity index (χ0n) is 22.3. The molecule has 3 heterocycles. The molecule has 1 saturated carbocycles.